The quantitative estimate of drug-likeness (QED) is 0.538. The van der Waals surface area contributed by atoms with Crippen LogP contribution in [0.2, 0.25) is 0 Å². The van der Waals surface area contributed by atoms with Crippen molar-refractivity contribution in [1.82, 2.24) is 24.5 Å². The van der Waals surface area contributed by atoms with Gasteiger partial charge in [-0.25, -0.2) is 22.8 Å². The largest absolute Gasteiger partial charge is 0.381 e. The lowest BCUT2D eigenvalue weighted by molar-refractivity contribution is -0.0372. The van der Waals surface area contributed by atoms with Crippen molar-refractivity contribution in [2.45, 2.75) is 39.0 Å². The highest BCUT2D eigenvalue weighted by Gasteiger charge is 2.41. The van der Waals surface area contributed by atoms with E-state index in [2.05, 4.69) is 15.2 Å². The maximum atomic E-state index is 14.7. The lowest BCUT2D eigenvalue weighted by Gasteiger charge is -2.35. The minimum atomic E-state index is -1.86. The van der Waals surface area contributed by atoms with Gasteiger partial charge in [-0.2, -0.15) is 10.2 Å². The van der Waals surface area contributed by atoms with Crippen LogP contribution in [0.15, 0.2) is 43.0 Å². The Labute approximate surface area is 170 Å². The first-order valence-electron chi connectivity index (χ1n) is 9.36. The van der Waals surface area contributed by atoms with Crippen molar-refractivity contribution in [2.24, 2.45) is 0 Å². The van der Waals surface area contributed by atoms with Crippen molar-refractivity contribution in [2.75, 3.05) is 0 Å². The Hall–Kier alpha value is -3.20. The number of aryl methyl sites for hydroxylation is 2. The fourth-order valence-corrected chi connectivity index (χ4v) is 3.78. The molecule has 2 aromatic heterocycles. The van der Waals surface area contributed by atoms with E-state index in [0.717, 1.165) is 17.5 Å². The van der Waals surface area contributed by atoms with E-state index in [1.54, 1.807) is 26.8 Å². The third-order valence-electron chi connectivity index (χ3n) is 5.55. The summed E-state index contributed by atoms with van der Waals surface area (Å²) in [4.78, 5) is 3.86. The number of benzene rings is 2. The fourth-order valence-electron chi connectivity index (χ4n) is 3.78. The zero-order chi connectivity index (χ0) is 21.6. The van der Waals surface area contributed by atoms with Crippen LogP contribution >= 0.6 is 0 Å². The lowest BCUT2D eigenvalue weighted by atomic mass is 9.86. The summed E-state index contributed by atoms with van der Waals surface area (Å²) < 4.78 is 45.2. The van der Waals surface area contributed by atoms with Gasteiger partial charge in [0, 0.05) is 28.8 Å². The van der Waals surface area contributed by atoms with Crippen molar-refractivity contribution in [3.8, 4) is 0 Å². The van der Waals surface area contributed by atoms with Crippen LogP contribution in [0.5, 0.6) is 0 Å². The molecule has 0 aliphatic carbocycles. The molecule has 156 valence electrons. The Kier molecular flexibility index (Phi) is 4.85. The average molecular weight is 415 g/mol. The van der Waals surface area contributed by atoms with Crippen molar-refractivity contribution in [1.29, 1.82) is 0 Å². The van der Waals surface area contributed by atoms with Gasteiger partial charge < -0.3 is 5.11 Å². The molecule has 0 aliphatic heterocycles. The molecule has 30 heavy (non-hydrogen) atoms. The van der Waals surface area contributed by atoms with Crippen molar-refractivity contribution in [3.05, 3.63) is 77.3 Å². The molecule has 4 rings (SSSR count). The molecule has 2 heterocycles. The maximum Gasteiger partial charge on any atom is 0.137 e. The zero-order valence-corrected chi connectivity index (χ0v) is 16.6. The third-order valence-corrected chi connectivity index (χ3v) is 5.55. The first kappa shape index (κ1) is 20.1. The topological polar surface area (TPSA) is 68.8 Å². The van der Waals surface area contributed by atoms with E-state index in [0.29, 0.717) is 16.8 Å². The number of nitrogens with zero attached hydrogens (tertiary/aromatic N) is 5. The van der Waals surface area contributed by atoms with Crippen LogP contribution in [-0.2, 0) is 12.1 Å². The Morgan fingerprint density at radius 2 is 1.87 bits per heavy atom. The molecule has 0 radical (unpaired) electrons. The predicted octanol–water partition coefficient (Wildman–Crippen LogP) is 3.81. The number of aliphatic hydroxyl groups is 1. The number of aromatic nitrogens is 5. The minimum absolute atomic E-state index is 0.104. The summed E-state index contributed by atoms with van der Waals surface area (Å²) in [5.74, 6) is -2.03. The lowest BCUT2D eigenvalue weighted by Crippen LogP contribution is -2.41. The summed E-state index contributed by atoms with van der Waals surface area (Å²) in [7, 11) is 0. The standard InChI is InChI=1S/C21H20F3N5O/c1-12-6-16-13(2)29(27-20(16)8-18(12)23)14(3)21(30,9-28-11-25-10-26-28)17-5-4-15(22)7-19(17)24/h4-8,10-11,14,30H,9H2,1-3H3/t14-,21-/m1/s1. The first-order chi connectivity index (χ1) is 14.2. The molecular weight excluding hydrogens is 395 g/mol. The van der Waals surface area contributed by atoms with Crippen LogP contribution < -0.4 is 0 Å². The fraction of sp³-hybridized carbons (Fsp3) is 0.286. The van der Waals surface area contributed by atoms with E-state index in [1.165, 1.54) is 34.2 Å². The van der Waals surface area contributed by atoms with E-state index in [4.69, 9.17) is 0 Å². The van der Waals surface area contributed by atoms with E-state index in [-0.39, 0.29) is 17.9 Å². The Morgan fingerprint density at radius 1 is 1.10 bits per heavy atom. The monoisotopic (exact) mass is 415 g/mol. The van der Waals surface area contributed by atoms with Gasteiger partial charge in [-0.05, 0) is 38.5 Å². The summed E-state index contributed by atoms with van der Waals surface area (Å²) in [6.07, 6.45) is 2.69. The first-order valence-corrected chi connectivity index (χ1v) is 9.36. The van der Waals surface area contributed by atoms with E-state index >= 15 is 0 Å². The van der Waals surface area contributed by atoms with Gasteiger partial charge in [-0.1, -0.05) is 6.07 Å². The highest BCUT2D eigenvalue weighted by Crippen LogP contribution is 2.38. The summed E-state index contributed by atoms with van der Waals surface area (Å²) in [6.45, 7) is 4.96. The molecule has 0 bridgehead atoms. The summed E-state index contributed by atoms with van der Waals surface area (Å²) in [5.41, 5.74) is -0.384. The molecule has 2 atom stereocenters. The van der Waals surface area contributed by atoms with Crippen LogP contribution in [0.3, 0.4) is 0 Å². The molecule has 1 N–H and O–H groups in total. The smallest absolute Gasteiger partial charge is 0.137 e. The molecule has 0 unspecified atom stereocenters. The van der Waals surface area contributed by atoms with E-state index in [1.807, 2.05) is 0 Å². The number of hydrogen-bond donors (Lipinski definition) is 1. The van der Waals surface area contributed by atoms with Gasteiger partial charge in [0.25, 0.3) is 0 Å². The van der Waals surface area contributed by atoms with Crippen molar-refractivity contribution >= 4 is 10.9 Å². The zero-order valence-electron chi connectivity index (χ0n) is 16.6. The van der Waals surface area contributed by atoms with Gasteiger partial charge in [0.05, 0.1) is 18.1 Å². The number of fused-ring (bicyclic) bond motifs is 1. The van der Waals surface area contributed by atoms with Gasteiger partial charge in [0.15, 0.2) is 0 Å². The Bertz CT molecular complexity index is 1220. The maximum absolute atomic E-state index is 14.7. The summed E-state index contributed by atoms with van der Waals surface area (Å²) in [6, 6.07) is 5.22. The SMILES string of the molecule is Cc1cc2c(C)n([C@H](C)[C@](O)(Cn3cncn3)c3ccc(F)cc3F)nc2cc1F. The molecule has 6 nitrogen and oxygen atoms in total. The van der Waals surface area contributed by atoms with Crippen LogP contribution in [0.1, 0.15) is 29.8 Å². The molecule has 0 saturated heterocycles. The predicted molar refractivity (Wildman–Crippen MR) is 104 cm³/mol. The summed E-state index contributed by atoms with van der Waals surface area (Å²) >= 11 is 0. The second-order valence-corrected chi connectivity index (χ2v) is 7.47. The van der Waals surface area contributed by atoms with Gasteiger partial charge in [-0.3, -0.25) is 4.68 Å². The van der Waals surface area contributed by atoms with Gasteiger partial charge >= 0.3 is 0 Å². The molecule has 4 aromatic rings. The third kappa shape index (κ3) is 3.24. The van der Waals surface area contributed by atoms with Crippen LogP contribution in [0.4, 0.5) is 13.2 Å². The van der Waals surface area contributed by atoms with Gasteiger partial charge in [0.1, 0.15) is 35.7 Å². The number of hydrogen-bond acceptors (Lipinski definition) is 4. The van der Waals surface area contributed by atoms with Crippen molar-refractivity contribution in [3.63, 3.8) is 0 Å². The molecule has 0 aliphatic rings. The average Bonchev–Trinajstić information content (AvgIpc) is 3.30. The molecule has 0 amide bonds. The van der Waals surface area contributed by atoms with Gasteiger partial charge in [-0.15, -0.1) is 0 Å². The normalized spacial score (nSPS) is 14.8. The van der Waals surface area contributed by atoms with Crippen LogP contribution in [0.25, 0.3) is 10.9 Å². The Balaban J connectivity index is 1.88. The molecular formula is C21H20F3N5O. The van der Waals surface area contributed by atoms with E-state index < -0.39 is 23.3 Å². The highest BCUT2D eigenvalue weighted by atomic mass is 19.1. The van der Waals surface area contributed by atoms with Crippen LogP contribution in [-0.4, -0.2) is 29.7 Å². The second-order valence-electron chi connectivity index (χ2n) is 7.47. The van der Waals surface area contributed by atoms with Gasteiger partial charge in [0.2, 0.25) is 0 Å². The molecule has 0 spiro atoms. The molecule has 0 fully saturated rings. The highest BCUT2D eigenvalue weighted by molar-refractivity contribution is 5.82. The van der Waals surface area contributed by atoms with Crippen molar-refractivity contribution < 1.29 is 18.3 Å². The van der Waals surface area contributed by atoms with Crippen LogP contribution in [0, 0.1) is 31.3 Å². The second kappa shape index (κ2) is 7.24. The Morgan fingerprint density at radius 3 is 2.53 bits per heavy atom. The molecule has 9 heteroatoms. The summed E-state index contributed by atoms with van der Waals surface area (Å²) in [5, 5.41) is 20.9. The van der Waals surface area contributed by atoms with E-state index in [9.17, 15) is 18.3 Å². The molecule has 0 saturated carbocycles. The molecule has 2 aromatic carbocycles. The minimum Gasteiger partial charge on any atom is -0.381 e. The number of rotatable bonds is 5. The number of halogens is 3.